The number of aldehydes is 1. The highest BCUT2D eigenvalue weighted by atomic mass is 16.2. The molecule has 1 unspecified atom stereocenters. The molecule has 1 aromatic heterocycles. The van der Waals surface area contributed by atoms with Gasteiger partial charge in [-0.25, -0.2) is 0 Å². The van der Waals surface area contributed by atoms with Crippen LogP contribution in [0.1, 0.15) is 52.6 Å². The fourth-order valence-electron chi connectivity index (χ4n) is 2.06. The number of nitrogens with one attached hydrogen (secondary N) is 2. The average Bonchev–Trinajstić information content (AvgIpc) is 2.96. The molecule has 1 heterocycles. The molecule has 2 aromatic rings. The lowest BCUT2D eigenvalue weighted by molar-refractivity contribution is 0.102. The molecule has 1 amide bonds. The van der Waals surface area contributed by atoms with Crippen molar-refractivity contribution in [3.05, 3.63) is 53.3 Å². The molecule has 0 saturated heterocycles. The average molecular weight is 270 g/mol. The third-order valence-corrected chi connectivity index (χ3v) is 3.44. The van der Waals surface area contributed by atoms with Crippen LogP contribution in [0.3, 0.4) is 0 Å². The maximum absolute atomic E-state index is 12.1. The molecule has 0 fully saturated rings. The minimum atomic E-state index is -0.242. The van der Waals surface area contributed by atoms with Gasteiger partial charge in [0.1, 0.15) is 5.69 Å². The van der Waals surface area contributed by atoms with E-state index in [2.05, 4.69) is 24.1 Å². The summed E-state index contributed by atoms with van der Waals surface area (Å²) in [5.41, 5.74) is 2.77. The van der Waals surface area contributed by atoms with E-state index in [1.165, 1.54) is 12.3 Å². The van der Waals surface area contributed by atoms with Gasteiger partial charge in [-0.05, 0) is 30.0 Å². The number of aromatic amines is 1. The van der Waals surface area contributed by atoms with Crippen LogP contribution >= 0.6 is 0 Å². The highest BCUT2D eigenvalue weighted by Crippen LogP contribution is 2.26. The predicted octanol–water partition coefficient (Wildman–Crippen LogP) is 3.59. The van der Waals surface area contributed by atoms with Crippen molar-refractivity contribution in [1.29, 1.82) is 0 Å². The van der Waals surface area contributed by atoms with Gasteiger partial charge in [-0.3, -0.25) is 9.59 Å². The first-order valence-electron chi connectivity index (χ1n) is 6.69. The van der Waals surface area contributed by atoms with Gasteiger partial charge in [0.05, 0.1) is 0 Å². The zero-order valence-electron chi connectivity index (χ0n) is 11.6. The lowest BCUT2D eigenvalue weighted by Gasteiger charge is -2.15. The molecule has 0 aliphatic rings. The number of amides is 1. The summed E-state index contributed by atoms with van der Waals surface area (Å²) in [5.74, 6) is 0.134. The van der Waals surface area contributed by atoms with E-state index >= 15 is 0 Å². The molecule has 0 radical (unpaired) electrons. The second kappa shape index (κ2) is 6.19. The zero-order chi connectivity index (χ0) is 14.5. The third kappa shape index (κ3) is 2.96. The van der Waals surface area contributed by atoms with Crippen molar-refractivity contribution >= 4 is 17.9 Å². The molecule has 104 valence electrons. The van der Waals surface area contributed by atoms with Gasteiger partial charge in [-0.15, -0.1) is 0 Å². The third-order valence-electron chi connectivity index (χ3n) is 3.44. The highest BCUT2D eigenvalue weighted by molar-refractivity contribution is 6.04. The number of hydrogen-bond donors (Lipinski definition) is 2. The van der Waals surface area contributed by atoms with Crippen molar-refractivity contribution in [3.8, 4) is 0 Å². The van der Waals surface area contributed by atoms with E-state index < -0.39 is 0 Å². The fourth-order valence-corrected chi connectivity index (χ4v) is 2.06. The summed E-state index contributed by atoms with van der Waals surface area (Å²) in [6.07, 6.45) is 3.23. The number of carbonyl (C=O) groups excluding carboxylic acids is 2. The van der Waals surface area contributed by atoms with E-state index in [1.54, 1.807) is 0 Å². The summed E-state index contributed by atoms with van der Waals surface area (Å²) in [7, 11) is 0. The molecular formula is C16H18N2O2. The quantitative estimate of drug-likeness (QED) is 0.815. The van der Waals surface area contributed by atoms with Gasteiger partial charge in [-0.1, -0.05) is 32.0 Å². The Morgan fingerprint density at radius 2 is 2.15 bits per heavy atom. The molecule has 4 heteroatoms. The molecule has 2 rings (SSSR count). The molecule has 1 aromatic carbocycles. The standard InChI is InChI=1S/C16H18N2O2/c1-3-11(2)13-6-4-5-7-14(13)18-16(20)15-8-12(10-19)9-17-15/h4-11,17H,3H2,1-2H3,(H,18,20). The predicted molar refractivity (Wildman–Crippen MR) is 79.3 cm³/mol. The monoisotopic (exact) mass is 270 g/mol. The maximum atomic E-state index is 12.1. The van der Waals surface area contributed by atoms with E-state index in [0.717, 1.165) is 17.7 Å². The Bertz CT molecular complexity index is 616. The van der Waals surface area contributed by atoms with E-state index in [9.17, 15) is 9.59 Å². The number of aromatic nitrogens is 1. The summed E-state index contributed by atoms with van der Waals surface area (Å²) in [6.45, 7) is 4.24. The summed E-state index contributed by atoms with van der Waals surface area (Å²) in [6, 6.07) is 9.32. The molecule has 0 bridgehead atoms. The smallest absolute Gasteiger partial charge is 0.272 e. The van der Waals surface area contributed by atoms with Crippen molar-refractivity contribution < 1.29 is 9.59 Å². The lowest BCUT2D eigenvalue weighted by atomic mass is 9.97. The van der Waals surface area contributed by atoms with Gasteiger partial charge in [0.15, 0.2) is 6.29 Å². The van der Waals surface area contributed by atoms with Crippen LogP contribution in [0.5, 0.6) is 0 Å². The molecule has 2 N–H and O–H groups in total. The normalized spacial score (nSPS) is 11.9. The molecule has 0 saturated carbocycles. The maximum Gasteiger partial charge on any atom is 0.272 e. The van der Waals surface area contributed by atoms with Crippen molar-refractivity contribution in [1.82, 2.24) is 4.98 Å². The van der Waals surface area contributed by atoms with Crippen LogP contribution in [0.2, 0.25) is 0 Å². The van der Waals surface area contributed by atoms with Gasteiger partial charge in [0.25, 0.3) is 5.91 Å². The zero-order valence-corrected chi connectivity index (χ0v) is 11.6. The number of rotatable bonds is 5. The summed E-state index contributed by atoms with van der Waals surface area (Å²) in [5, 5.41) is 2.89. The Kier molecular flexibility index (Phi) is 4.35. The first kappa shape index (κ1) is 14.1. The van der Waals surface area contributed by atoms with Gasteiger partial charge >= 0.3 is 0 Å². The lowest BCUT2D eigenvalue weighted by Crippen LogP contribution is -2.14. The van der Waals surface area contributed by atoms with Gasteiger partial charge in [0.2, 0.25) is 0 Å². The van der Waals surface area contributed by atoms with Crippen LogP contribution in [0.4, 0.5) is 5.69 Å². The summed E-state index contributed by atoms with van der Waals surface area (Å²) >= 11 is 0. The number of carbonyl (C=O) groups is 2. The Morgan fingerprint density at radius 3 is 2.80 bits per heavy atom. The van der Waals surface area contributed by atoms with E-state index in [0.29, 0.717) is 23.5 Å². The molecule has 1 atom stereocenters. The number of benzene rings is 1. The SMILES string of the molecule is CCC(C)c1ccccc1NC(=O)c1cc(C=O)c[nH]1. The summed E-state index contributed by atoms with van der Waals surface area (Å²) in [4.78, 5) is 25.6. The Balaban J connectivity index is 2.21. The molecule has 0 aliphatic carbocycles. The van der Waals surface area contributed by atoms with Gasteiger partial charge in [-0.2, -0.15) is 0 Å². The minimum Gasteiger partial charge on any atom is -0.356 e. The van der Waals surface area contributed by atoms with E-state index in [1.807, 2.05) is 24.3 Å². The number of anilines is 1. The topological polar surface area (TPSA) is 62.0 Å². The number of hydrogen-bond acceptors (Lipinski definition) is 2. The Morgan fingerprint density at radius 1 is 1.40 bits per heavy atom. The fraction of sp³-hybridized carbons (Fsp3) is 0.250. The molecule has 0 aliphatic heterocycles. The van der Waals surface area contributed by atoms with Crippen molar-refractivity contribution in [2.24, 2.45) is 0 Å². The van der Waals surface area contributed by atoms with Crippen LogP contribution < -0.4 is 5.32 Å². The van der Waals surface area contributed by atoms with Crippen LogP contribution in [0.15, 0.2) is 36.5 Å². The first-order valence-corrected chi connectivity index (χ1v) is 6.69. The van der Waals surface area contributed by atoms with Crippen molar-refractivity contribution in [2.45, 2.75) is 26.2 Å². The molecule has 20 heavy (non-hydrogen) atoms. The van der Waals surface area contributed by atoms with Crippen LogP contribution in [0.25, 0.3) is 0 Å². The van der Waals surface area contributed by atoms with Gasteiger partial charge in [0, 0.05) is 17.4 Å². The van der Waals surface area contributed by atoms with E-state index in [4.69, 9.17) is 0 Å². The Hall–Kier alpha value is -2.36. The number of H-pyrrole nitrogens is 1. The van der Waals surface area contributed by atoms with Crippen LogP contribution in [-0.4, -0.2) is 17.2 Å². The molecule has 4 nitrogen and oxygen atoms in total. The second-order valence-electron chi connectivity index (χ2n) is 4.82. The van der Waals surface area contributed by atoms with Crippen molar-refractivity contribution in [2.75, 3.05) is 5.32 Å². The second-order valence-corrected chi connectivity index (χ2v) is 4.82. The molecule has 0 spiro atoms. The highest BCUT2D eigenvalue weighted by Gasteiger charge is 2.13. The number of para-hydroxylation sites is 1. The summed E-state index contributed by atoms with van der Waals surface area (Å²) < 4.78 is 0. The minimum absolute atomic E-state index is 0.242. The van der Waals surface area contributed by atoms with Crippen molar-refractivity contribution in [3.63, 3.8) is 0 Å². The van der Waals surface area contributed by atoms with Crippen LogP contribution in [0, 0.1) is 0 Å². The largest absolute Gasteiger partial charge is 0.356 e. The first-order chi connectivity index (χ1) is 9.65. The molecular weight excluding hydrogens is 252 g/mol. The van der Waals surface area contributed by atoms with Gasteiger partial charge < -0.3 is 10.3 Å². The Labute approximate surface area is 118 Å². The van der Waals surface area contributed by atoms with Crippen LogP contribution in [-0.2, 0) is 0 Å². The van der Waals surface area contributed by atoms with E-state index in [-0.39, 0.29) is 5.91 Å².